The molecule has 5 saturated carbocycles. The maximum absolute atomic E-state index is 14.7. The summed E-state index contributed by atoms with van der Waals surface area (Å²) in [5.74, 6) is -2.02. The molecule has 3 aliphatic heterocycles. The van der Waals surface area contributed by atoms with E-state index in [1.807, 2.05) is 6.92 Å². The summed E-state index contributed by atoms with van der Waals surface area (Å²) in [6.45, 7) is 15.0. The summed E-state index contributed by atoms with van der Waals surface area (Å²) in [4.78, 5) is 28.4. The standard InChI is InChI=1S/C48H76O19/c1-20(2)22-10-15-48(43(61)67-41-36(57)33(54)31(52)24(18-49)63-41)17-16-45(5)23(29(22)48)8-9-26-44(4)13-12-28(47(7,42(59)60)27(44)11-14-46(26,45)6)65-40-37(58)34(55)38(25(19-50)64-40)66-39-35(56)32(53)30(51)21(3)62-39/h21-41,49-58H,1,8-19H2,2-7H3,(H,59,60)/t21-,22?,23?,24+,25+,26?,27?,28-,29?,30-,31+,32+,33-,34+,35+,36+,37+,38+,39-,40-,41-,44+,45+,46+,47?,48-/m0/s1. The van der Waals surface area contributed by atoms with E-state index in [0.29, 0.717) is 44.9 Å². The topological polar surface area (TPSA) is 312 Å². The molecule has 0 spiro atoms. The van der Waals surface area contributed by atoms with Crippen molar-refractivity contribution in [2.75, 3.05) is 13.2 Å². The van der Waals surface area contributed by atoms with E-state index in [2.05, 4.69) is 27.4 Å². The summed E-state index contributed by atoms with van der Waals surface area (Å²) >= 11 is 0. The number of allylic oxidation sites excluding steroid dienone is 1. The normalized spacial score (nSPS) is 55.3. The first-order valence-corrected chi connectivity index (χ1v) is 24.4. The number of esters is 1. The Bertz CT molecular complexity index is 1850. The van der Waals surface area contributed by atoms with Gasteiger partial charge in [-0.15, -0.1) is 0 Å². The van der Waals surface area contributed by atoms with Crippen LogP contribution in [0.2, 0.25) is 0 Å². The Balaban J connectivity index is 1.02. The van der Waals surface area contributed by atoms with Crippen molar-refractivity contribution in [1.82, 2.24) is 0 Å². The van der Waals surface area contributed by atoms with Gasteiger partial charge in [-0.2, -0.15) is 0 Å². The summed E-state index contributed by atoms with van der Waals surface area (Å²) in [5.41, 5.74) is -2.53. The minimum atomic E-state index is -1.79. The van der Waals surface area contributed by atoms with Crippen molar-refractivity contribution in [2.24, 2.45) is 56.7 Å². The van der Waals surface area contributed by atoms with Crippen molar-refractivity contribution in [3.63, 3.8) is 0 Å². The van der Waals surface area contributed by atoms with Gasteiger partial charge in [0.25, 0.3) is 0 Å². The fourth-order valence-corrected chi connectivity index (χ4v) is 15.8. The highest BCUT2D eigenvalue weighted by atomic mass is 16.7. The lowest BCUT2D eigenvalue weighted by atomic mass is 9.32. The fraction of sp³-hybridized carbons (Fsp3) is 0.917. The molecule has 0 aromatic heterocycles. The molecule has 5 aliphatic carbocycles. The van der Waals surface area contributed by atoms with Gasteiger partial charge in [0.1, 0.15) is 67.1 Å². The van der Waals surface area contributed by atoms with E-state index in [9.17, 15) is 65.8 Å². The lowest BCUT2D eigenvalue weighted by Gasteiger charge is -2.72. The molecule has 3 saturated heterocycles. The molecule has 19 nitrogen and oxygen atoms in total. The highest BCUT2D eigenvalue weighted by Crippen LogP contribution is 2.78. The number of aliphatic hydroxyl groups excluding tert-OH is 10. The van der Waals surface area contributed by atoms with Crippen molar-refractivity contribution < 1.29 is 94.2 Å². The Hall–Kier alpha value is -1.92. The Morgan fingerprint density at radius 2 is 1.24 bits per heavy atom. The van der Waals surface area contributed by atoms with Crippen LogP contribution in [0.1, 0.15) is 106 Å². The molecule has 0 radical (unpaired) electrons. The SMILES string of the molecule is C=C(C)C1CC[C@]2(C(=O)O[C@@H]3O[C@H](CO)[C@@H](O)[C@H](O)[C@H]3O)CC[C@]3(C)C(CCC4[C@@]5(C)CC[C@H](O[C@@H]6O[C@H](CO)[C@@H](O[C@@H]7O[C@@H](C)[C@H](O)[C@@H](O)[C@H]7O)[C@H](O)[C@H]6O)C(C)(C(=O)O)C5CC[C@]43C)C12. The van der Waals surface area contributed by atoms with Gasteiger partial charge in [0.2, 0.25) is 6.29 Å². The molecule has 3 heterocycles. The zero-order valence-corrected chi connectivity index (χ0v) is 39.5. The number of aliphatic carboxylic acids is 1. The molecule has 0 aromatic carbocycles. The van der Waals surface area contributed by atoms with Crippen LogP contribution in [0.5, 0.6) is 0 Å². The lowest BCUT2D eigenvalue weighted by molar-refractivity contribution is -0.366. The van der Waals surface area contributed by atoms with Crippen LogP contribution >= 0.6 is 0 Å². The first-order valence-electron chi connectivity index (χ1n) is 24.4. The Morgan fingerprint density at radius 1 is 0.627 bits per heavy atom. The fourth-order valence-electron chi connectivity index (χ4n) is 15.8. The monoisotopic (exact) mass is 956 g/mol. The van der Waals surface area contributed by atoms with Gasteiger partial charge >= 0.3 is 11.9 Å². The summed E-state index contributed by atoms with van der Waals surface area (Å²) in [6, 6.07) is 0. The van der Waals surface area contributed by atoms with E-state index in [4.69, 9.17) is 28.4 Å². The second-order valence-electron chi connectivity index (χ2n) is 22.7. The number of ether oxygens (including phenoxy) is 6. The molecule has 8 aliphatic rings. The number of hydrogen-bond donors (Lipinski definition) is 11. The Labute approximate surface area is 391 Å². The van der Waals surface area contributed by atoms with Crippen LogP contribution < -0.4 is 0 Å². The van der Waals surface area contributed by atoms with Crippen molar-refractivity contribution in [2.45, 2.75) is 204 Å². The van der Waals surface area contributed by atoms with Crippen LogP contribution in [-0.4, -0.2) is 180 Å². The Morgan fingerprint density at radius 3 is 1.88 bits per heavy atom. The highest BCUT2D eigenvalue weighted by Gasteiger charge is 2.74. The minimum absolute atomic E-state index is 0.00268. The van der Waals surface area contributed by atoms with Crippen LogP contribution in [0.15, 0.2) is 12.2 Å². The maximum atomic E-state index is 14.7. The van der Waals surface area contributed by atoms with E-state index < -0.39 is 140 Å². The summed E-state index contributed by atoms with van der Waals surface area (Å²) in [5, 5.41) is 117. The first kappa shape index (κ1) is 51.4. The number of aliphatic hydroxyl groups is 10. The third kappa shape index (κ3) is 7.70. The van der Waals surface area contributed by atoms with E-state index in [-0.39, 0.29) is 46.8 Å². The van der Waals surface area contributed by atoms with E-state index in [0.717, 1.165) is 18.4 Å². The molecule has 0 aromatic rings. The Kier molecular flexibility index (Phi) is 14.0. The molecule has 6 unspecified atom stereocenters. The number of carbonyl (C=O) groups is 2. The second kappa shape index (κ2) is 18.3. The third-order valence-corrected chi connectivity index (χ3v) is 19.8. The largest absolute Gasteiger partial charge is 0.481 e. The summed E-state index contributed by atoms with van der Waals surface area (Å²) in [6.07, 6.45) is -18.0. The van der Waals surface area contributed by atoms with Crippen molar-refractivity contribution in [3.8, 4) is 0 Å². The highest BCUT2D eigenvalue weighted by molar-refractivity contribution is 5.78. The van der Waals surface area contributed by atoms with E-state index in [1.54, 1.807) is 6.92 Å². The smallest absolute Gasteiger partial charge is 0.314 e. The number of fused-ring (bicyclic) bond motifs is 7. The molecule has 26 atom stereocenters. The molecule has 8 fully saturated rings. The molecule has 11 N–H and O–H groups in total. The van der Waals surface area contributed by atoms with Crippen molar-refractivity contribution in [1.29, 1.82) is 0 Å². The van der Waals surface area contributed by atoms with Crippen LogP contribution in [0, 0.1) is 56.7 Å². The molecule has 8 rings (SSSR count). The van der Waals surface area contributed by atoms with Gasteiger partial charge in [0.15, 0.2) is 12.6 Å². The summed E-state index contributed by atoms with van der Waals surface area (Å²) < 4.78 is 35.4. The third-order valence-electron chi connectivity index (χ3n) is 19.8. The minimum Gasteiger partial charge on any atom is -0.481 e. The van der Waals surface area contributed by atoms with Gasteiger partial charge in [0.05, 0.1) is 36.3 Å². The zero-order chi connectivity index (χ0) is 49.1. The first-order chi connectivity index (χ1) is 31.4. The van der Waals surface area contributed by atoms with Crippen LogP contribution in [0.3, 0.4) is 0 Å². The van der Waals surface area contributed by atoms with Crippen LogP contribution in [0.25, 0.3) is 0 Å². The lowest BCUT2D eigenvalue weighted by Crippen LogP contribution is -2.69. The molecule has 19 heteroatoms. The van der Waals surface area contributed by atoms with Gasteiger partial charge < -0.3 is 84.6 Å². The number of carboxylic acid groups (broad SMARTS) is 1. The molecule has 0 bridgehead atoms. The van der Waals surface area contributed by atoms with E-state index in [1.165, 1.54) is 6.92 Å². The van der Waals surface area contributed by atoms with E-state index >= 15 is 0 Å². The predicted octanol–water partition coefficient (Wildman–Crippen LogP) is 0.0887. The number of carboxylic acids is 1. The predicted molar refractivity (Wildman–Crippen MR) is 231 cm³/mol. The van der Waals surface area contributed by atoms with Crippen molar-refractivity contribution >= 4 is 11.9 Å². The molecule has 382 valence electrons. The second-order valence-corrected chi connectivity index (χ2v) is 22.7. The average molecular weight is 957 g/mol. The van der Waals surface area contributed by atoms with Gasteiger partial charge in [-0.25, -0.2) is 0 Å². The molecular formula is C48H76O19. The summed E-state index contributed by atoms with van der Waals surface area (Å²) in [7, 11) is 0. The van der Waals surface area contributed by atoms with Gasteiger partial charge in [0, 0.05) is 0 Å². The van der Waals surface area contributed by atoms with Gasteiger partial charge in [-0.05, 0) is 131 Å². The molecular weight excluding hydrogens is 881 g/mol. The zero-order valence-electron chi connectivity index (χ0n) is 39.5. The van der Waals surface area contributed by atoms with Crippen LogP contribution in [-0.2, 0) is 38.0 Å². The van der Waals surface area contributed by atoms with Gasteiger partial charge in [-0.3, -0.25) is 9.59 Å². The maximum Gasteiger partial charge on any atom is 0.314 e. The number of rotatable bonds is 10. The molecule has 0 amide bonds. The number of carbonyl (C=O) groups excluding carboxylic acids is 1. The van der Waals surface area contributed by atoms with Crippen molar-refractivity contribution in [3.05, 3.63) is 12.2 Å². The van der Waals surface area contributed by atoms with Gasteiger partial charge in [-0.1, -0.05) is 32.9 Å². The average Bonchev–Trinajstić information content (AvgIpc) is 3.70. The number of hydrogen-bond acceptors (Lipinski definition) is 18. The molecule has 67 heavy (non-hydrogen) atoms. The van der Waals surface area contributed by atoms with Crippen LogP contribution in [0.4, 0.5) is 0 Å². The quantitative estimate of drug-likeness (QED) is 0.0785.